The van der Waals surface area contributed by atoms with Crippen molar-refractivity contribution in [1.82, 2.24) is 15.6 Å². The van der Waals surface area contributed by atoms with E-state index in [-0.39, 0.29) is 43.4 Å². The molecule has 0 aliphatic carbocycles. The molecule has 2 aromatic rings. The van der Waals surface area contributed by atoms with Crippen LogP contribution in [-0.2, 0) is 27.2 Å². The number of rotatable bonds is 9. The van der Waals surface area contributed by atoms with E-state index in [1.165, 1.54) is 5.56 Å². The van der Waals surface area contributed by atoms with Crippen molar-refractivity contribution >= 4 is 11.8 Å². The molecule has 0 unspecified atom stereocenters. The maximum absolute atomic E-state index is 12.3. The quantitative estimate of drug-likeness (QED) is 0.579. The lowest BCUT2D eigenvalue weighted by Gasteiger charge is -2.36. The Morgan fingerprint density at radius 2 is 1.87 bits per heavy atom. The third-order valence-corrected chi connectivity index (χ3v) is 5.20. The lowest BCUT2D eigenvalue weighted by molar-refractivity contribution is -0.135. The second kappa shape index (κ2) is 11.4. The first kappa shape index (κ1) is 21.9. The Labute approximate surface area is 176 Å². The highest BCUT2D eigenvalue weighted by Gasteiger charge is 2.32. The first-order valence-corrected chi connectivity index (χ1v) is 10.4. The molecule has 0 spiro atoms. The van der Waals surface area contributed by atoms with Gasteiger partial charge in [-0.25, -0.2) is 0 Å². The van der Waals surface area contributed by atoms with Crippen LogP contribution in [-0.4, -0.2) is 53.3 Å². The minimum absolute atomic E-state index is 0.0646. The number of hydrogen-bond donors (Lipinski definition) is 3. The van der Waals surface area contributed by atoms with Crippen LogP contribution in [0.1, 0.15) is 30.5 Å². The van der Waals surface area contributed by atoms with Crippen LogP contribution in [0.3, 0.4) is 0 Å². The summed E-state index contributed by atoms with van der Waals surface area (Å²) in [6.07, 6.45) is 3.39. The Hall–Kier alpha value is -2.77. The van der Waals surface area contributed by atoms with Gasteiger partial charge in [-0.05, 0) is 37.0 Å². The summed E-state index contributed by atoms with van der Waals surface area (Å²) in [5.74, 6) is -0.219. The molecule has 2 amide bonds. The summed E-state index contributed by atoms with van der Waals surface area (Å²) < 4.78 is 5.89. The molecule has 3 atom stereocenters. The molecule has 1 aromatic carbocycles. The Morgan fingerprint density at radius 3 is 2.60 bits per heavy atom. The zero-order valence-corrected chi connectivity index (χ0v) is 17.0. The van der Waals surface area contributed by atoms with Gasteiger partial charge in [-0.15, -0.1) is 0 Å². The zero-order chi connectivity index (χ0) is 21.2. The maximum Gasteiger partial charge on any atom is 0.226 e. The molecule has 1 aromatic heterocycles. The first-order valence-electron chi connectivity index (χ1n) is 10.4. The number of ether oxygens (including phenoxy) is 1. The summed E-state index contributed by atoms with van der Waals surface area (Å²) in [4.78, 5) is 28.7. The molecule has 1 aliphatic rings. The van der Waals surface area contributed by atoms with Gasteiger partial charge in [0.25, 0.3) is 0 Å². The number of hydrogen-bond acceptors (Lipinski definition) is 5. The Kier molecular flexibility index (Phi) is 8.35. The lowest BCUT2D eigenvalue weighted by Crippen LogP contribution is -2.51. The molecule has 160 valence electrons. The van der Waals surface area contributed by atoms with Crippen molar-refractivity contribution in [2.24, 2.45) is 0 Å². The van der Waals surface area contributed by atoms with Crippen LogP contribution in [0.4, 0.5) is 0 Å². The predicted octanol–water partition coefficient (Wildman–Crippen LogP) is 1.40. The van der Waals surface area contributed by atoms with Crippen LogP contribution in [0, 0.1) is 0 Å². The number of carbonyl (C=O) groups is 2. The van der Waals surface area contributed by atoms with Crippen molar-refractivity contribution in [2.45, 2.75) is 50.4 Å². The van der Waals surface area contributed by atoms with E-state index < -0.39 is 6.10 Å². The highest BCUT2D eigenvalue weighted by atomic mass is 16.5. The normalized spacial score (nSPS) is 21.0. The molecule has 2 heterocycles. The number of carbonyl (C=O) groups excluding carboxylic acids is 2. The predicted molar refractivity (Wildman–Crippen MR) is 113 cm³/mol. The molecule has 3 N–H and O–H groups in total. The SMILES string of the molecule is O=C(C[C@@H]1CC[C@H](NC(=O)Cc2ccccn2)[C@H](CO)O1)NCCc1ccccc1. The third-order valence-electron chi connectivity index (χ3n) is 5.20. The average Bonchev–Trinajstić information content (AvgIpc) is 2.76. The molecule has 1 fully saturated rings. The summed E-state index contributed by atoms with van der Waals surface area (Å²) in [6, 6.07) is 15.2. The Morgan fingerprint density at radius 1 is 1.07 bits per heavy atom. The van der Waals surface area contributed by atoms with E-state index in [4.69, 9.17) is 4.74 Å². The van der Waals surface area contributed by atoms with E-state index in [0.717, 1.165) is 6.42 Å². The Balaban J connectivity index is 1.40. The molecule has 1 saturated heterocycles. The van der Waals surface area contributed by atoms with Gasteiger partial charge in [0.15, 0.2) is 0 Å². The second-order valence-corrected chi connectivity index (χ2v) is 7.52. The van der Waals surface area contributed by atoms with E-state index in [1.807, 2.05) is 36.4 Å². The average molecular weight is 412 g/mol. The number of benzene rings is 1. The van der Waals surface area contributed by atoms with Crippen molar-refractivity contribution in [3.63, 3.8) is 0 Å². The minimum Gasteiger partial charge on any atom is -0.394 e. The van der Waals surface area contributed by atoms with Crippen molar-refractivity contribution in [3.8, 4) is 0 Å². The smallest absolute Gasteiger partial charge is 0.226 e. The van der Waals surface area contributed by atoms with Gasteiger partial charge in [-0.1, -0.05) is 36.4 Å². The topological polar surface area (TPSA) is 101 Å². The second-order valence-electron chi connectivity index (χ2n) is 7.52. The summed E-state index contributed by atoms with van der Waals surface area (Å²) in [6.45, 7) is 0.367. The van der Waals surface area contributed by atoms with E-state index in [2.05, 4.69) is 15.6 Å². The molecular weight excluding hydrogens is 382 g/mol. The standard InChI is InChI=1S/C23H29N3O4/c27-16-21-20(26-23(29)14-18-8-4-5-12-24-18)10-9-19(30-21)15-22(28)25-13-11-17-6-2-1-3-7-17/h1-8,12,19-21,27H,9-11,13-16H2,(H,25,28)(H,26,29)/t19-,20-,21-/m0/s1. The minimum atomic E-state index is -0.520. The van der Waals surface area contributed by atoms with Crippen LogP contribution >= 0.6 is 0 Å². The number of amides is 2. The van der Waals surface area contributed by atoms with Gasteiger partial charge in [0.05, 0.1) is 31.6 Å². The molecular formula is C23H29N3O4. The lowest BCUT2D eigenvalue weighted by atomic mass is 9.96. The van der Waals surface area contributed by atoms with E-state index >= 15 is 0 Å². The highest BCUT2D eigenvalue weighted by molar-refractivity contribution is 5.78. The summed E-state index contributed by atoms with van der Waals surface area (Å²) in [7, 11) is 0. The van der Waals surface area contributed by atoms with Crippen molar-refractivity contribution in [2.75, 3.05) is 13.2 Å². The van der Waals surface area contributed by atoms with Gasteiger partial charge in [0, 0.05) is 18.4 Å². The van der Waals surface area contributed by atoms with Crippen LogP contribution in [0.5, 0.6) is 0 Å². The van der Waals surface area contributed by atoms with E-state index in [0.29, 0.717) is 25.1 Å². The largest absolute Gasteiger partial charge is 0.394 e. The zero-order valence-electron chi connectivity index (χ0n) is 17.0. The van der Waals surface area contributed by atoms with Crippen molar-refractivity contribution in [3.05, 3.63) is 66.0 Å². The molecule has 7 nitrogen and oxygen atoms in total. The monoisotopic (exact) mass is 411 g/mol. The van der Waals surface area contributed by atoms with Gasteiger partial charge in [0.1, 0.15) is 6.10 Å². The van der Waals surface area contributed by atoms with Gasteiger partial charge < -0.3 is 20.5 Å². The Bertz CT molecular complexity index is 801. The van der Waals surface area contributed by atoms with Crippen LogP contribution in [0.25, 0.3) is 0 Å². The highest BCUT2D eigenvalue weighted by Crippen LogP contribution is 2.22. The third kappa shape index (κ3) is 6.93. The fourth-order valence-corrected chi connectivity index (χ4v) is 3.64. The molecule has 1 aliphatic heterocycles. The van der Waals surface area contributed by atoms with Gasteiger partial charge in [-0.2, -0.15) is 0 Å². The van der Waals surface area contributed by atoms with E-state index in [1.54, 1.807) is 18.3 Å². The van der Waals surface area contributed by atoms with Crippen LogP contribution in [0.2, 0.25) is 0 Å². The van der Waals surface area contributed by atoms with Gasteiger partial charge in [0.2, 0.25) is 11.8 Å². The number of aliphatic hydroxyl groups excluding tert-OH is 1. The number of aromatic nitrogens is 1. The number of nitrogens with one attached hydrogen (secondary N) is 2. The first-order chi connectivity index (χ1) is 14.6. The molecule has 0 bridgehead atoms. The molecule has 30 heavy (non-hydrogen) atoms. The summed E-state index contributed by atoms with van der Waals surface area (Å²) in [5.41, 5.74) is 1.87. The fraction of sp³-hybridized carbons (Fsp3) is 0.435. The summed E-state index contributed by atoms with van der Waals surface area (Å²) in [5, 5.41) is 15.5. The maximum atomic E-state index is 12.3. The van der Waals surface area contributed by atoms with Gasteiger partial charge in [-0.3, -0.25) is 14.6 Å². The van der Waals surface area contributed by atoms with Gasteiger partial charge >= 0.3 is 0 Å². The number of pyridine rings is 1. The fourth-order valence-electron chi connectivity index (χ4n) is 3.64. The molecule has 0 saturated carbocycles. The molecule has 0 radical (unpaired) electrons. The van der Waals surface area contributed by atoms with Crippen LogP contribution < -0.4 is 10.6 Å². The van der Waals surface area contributed by atoms with Crippen LogP contribution in [0.15, 0.2) is 54.7 Å². The molecule has 3 rings (SSSR count). The van der Waals surface area contributed by atoms with Crippen molar-refractivity contribution < 1.29 is 19.4 Å². The number of nitrogens with zero attached hydrogens (tertiary/aromatic N) is 1. The van der Waals surface area contributed by atoms with E-state index in [9.17, 15) is 14.7 Å². The summed E-state index contributed by atoms with van der Waals surface area (Å²) >= 11 is 0. The van der Waals surface area contributed by atoms with Crippen molar-refractivity contribution in [1.29, 1.82) is 0 Å². The molecule has 7 heteroatoms. The number of aliphatic hydroxyl groups is 1.